The maximum Gasteiger partial charge on any atom is 0.244 e. The summed E-state index contributed by atoms with van der Waals surface area (Å²) in [6.45, 7) is 3.82. The molecule has 1 N–H and O–H groups in total. The Labute approximate surface area is 131 Å². The summed E-state index contributed by atoms with van der Waals surface area (Å²) >= 11 is 0. The van der Waals surface area contributed by atoms with Crippen LogP contribution in [0.15, 0.2) is 24.3 Å². The predicted molar refractivity (Wildman–Crippen MR) is 85.4 cm³/mol. The molecule has 0 spiro atoms. The van der Waals surface area contributed by atoms with E-state index in [1.807, 2.05) is 24.3 Å². The smallest absolute Gasteiger partial charge is 0.244 e. The molecule has 1 aliphatic heterocycles. The molecule has 0 aliphatic carbocycles. The molecule has 6 nitrogen and oxygen atoms in total. The molecule has 122 valence electrons. The molecule has 7 heteroatoms. The SMILES string of the molecule is CO[C@H](C)CS(=O)(=O)N[C@H](C)C(=O)N1CCc2ccccc21. The molecule has 0 fully saturated rings. The van der Waals surface area contributed by atoms with Gasteiger partial charge < -0.3 is 9.64 Å². The summed E-state index contributed by atoms with van der Waals surface area (Å²) in [5.74, 6) is -0.406. The van der Waals surface area contributed by atoms with Crippen molar-refractivity contribution in [2.24, 2.45) is 0 Å². The highest BCUT2D eigenvalue weighted by Gasteiger charge is 2.30. The number of ether oxygens (including phenoxy) is 1. The lowest BCUT2D eigenvalue weighted by Gasteiger charge is -2.22. The van der Waals surface area contributed by atoms with E-state index in [0.717, 1.165) is 17.7 Å². The minimum Gasteiger partial charge on any atom is -0.381 e. The normalized spacial score (nSPS) is 17.1. The largest absolute Gasteiger partial charge is 0.381 e. The van der Waals surface area contributed by atoms with Gasteiger partial charge in [-0.2, -0.15) is 0 Å². The molecule has 1 heterocycles. The number of sulfonamides is 1. The highest BCUT2D eigenvalue weighted by atomic mass is 32.2. The van der Waals surface area contributed by atoms with E-state index in [0.29, 0.717) is 6.54 Å². The first-order valence-corrected chi connectivity index (χ1v) is 8.91. The van der Waals surface area contributed by atoms with E-state index in [1.54, 1.807) is 18.7 Å². The van der Waals surface area contributed by atoms with Crippen LogP contribution in [-0.4, -0.2) is 45.9 Å². The number of rotatable bonds is 6. The van der Waals surface area contributed by atoms with Crippen LogP contribution in [0.1, 0.15) is 19.4 Å². The highest BCUT2D eigenvalue weighted by molar-refractivity contribution is 7.89. The molecule has 2 atom stereocenters. The van der Waals surface area contributed by atoms with Gasteiger partial charge in [0.15, 0.2) is 0 Å². The maximum absolute atomic E-state index is 12.5. The van der Waals surface area contributed by atoms with E-state index < -0.39 is 22.2 Å². The van der Waals surface area contributed by atoms with Gasteiger partial charge in [0.1, 0.15) is 0 Å². The van der Waals surface area contributed by atoms with Gasteiger partial charge in [0, 0.05) is 19.3 Å². The molecule has 1 aromatic rings. The second-order valence-corrected chi connectivity index (χ2v) is 7.33. The van der Waals surface area contributed by atoms with E-state index in [9.17, 15) is 13.2 Å². The molecule has 0 bridgehead atoms. The minimum atomic E-state index is -3.57. The molecule has 0 aromatic heterocycles. The number of hydrogen-bond acceptors (Lipinski definition) is 4. The summed E-state index contributed by atoms with van der Waals surface area (Å²) < 4.78 is 31.4. The fourth-order valence-electron chi connectivity index (χ4n) is 2.55. The van der Waals surface area contributed by atoms with Gasteiger partial charge in [0.05, 0.1) is 17.9 Å². The van der Waals surface area contributed by atoms with E-state index >= 15 is 0 Å². The lowest BCUT2D eigenvalue weighted by Crippen LogP contribution is -2.48. The van der Waals surface area contributed by atoms with Crippen molar-refractivity contribution in [1.29, 1.82) is 0 Å². The van der Waals surface area contributed by atoms with Crippen molar-refractivity contribution in [2.45, 2.75) is 32.4 Å². The quantitative estimate of drug-likeness (QED) is 0.843. The number of benzene rings is 1. The standard InChI is InChI=1S/C15H22N2O4S/c1-11(21-3)10-22(19,20)16-12(2)15(18)17-9-8-13-6-4-5-7-14(13)17/h4-7,11-12,16H,8-10H2,1-3H3/t11-,12-/m1/s1. The summed E-state index contributed by atoms with van der Waals surface area (Å²) in [4.78, 5) is 14.1. The topological polar surface area (TPSA) is 75.7 Å². The Morgan fingerprint density at radius 3 is 2.73 bits per heavy atom. The van der Waals surface area contributed by atoms with Crippen molar-refractivity contribution >= 4 is 21.6 Å². The van der Waals surface area contributed by atoms with Crippen molar-refractivity contribution in [3.63, 3.8) is 0 Å². The van der Waals surface area contributed by atoms with Gasteiger partial charge in [-0.25, -0.2) is 13.1 Å². The Kier molecular flexibility index (Phi) is 5.20. The van der Waals surface area contributed by atoms with Gasteiger partial charge in [0.2, 0.25) is 15.9 Å². The van der Waals surface area contributed by atoms with E-state index in [2.05, 4.69) is 4.72 Å². The first-order valence-electron chi connectivity index (χ1n) is 7.26. The van der Waals surface area contributed by atoms with Gasteiger partial charge in [-0.1, -0.05) is 18.2 Å². The van der Waals surface area contributed by atoms with Crippen molar-refractivity contribution in [2.75, 3.05) is 24.3 Å². The molecule has 0 radical (unpaired) electrons. The number of nitrogens with zero attached hydrogens (tertiary/aromatic N) is 1. The number of carbonyl (C=O) groups excluding carboxylic acids is 1. The zero-order chi connectivity index (χ0) is 16.3. The van der Waals surface area contributed by atoms with Crippen LogP contribution >= 0.6 is 0 Å². The number of amides is 1. The number of nitrogens with one attached hydrogen (secondary N) is 1. The van der Waals surface area contributed by atoms with Crippen molar-refractivity contribution in [3.8, 4) is 0 Å². The van der Waals surface area contributed by atoms with Crippen molar-refractivity contribution in [1.82, 2.24) is 4.72 Å². The van der Waals surface area contributed by atoms with Crippen LogP contribution in [0.4, 0.5) is 5.69 Å². The molecule has 0 unspecified atom stereocenters. The molecule has 0 saturated carbocycles. The van der Waals surface area contributed by atoms with Gasteiger partial charge in [-0.3, -0.25) is 4.79 Å². The first kappa shape index (κ1) is 16.9. The zero-order valence-corrected chi connectivity index (χ0v) is 13.9. The molecule has 22 heavy (non-hydrogen) atoms. The van der Waals surface area contributed by atoms with Gasteiger partial charge in [0.25, 0.3) is 0 Å². The Morgan fingerprint density at radius 1 is 1.36 bits per heavy atom. The number of fused-ring (bicyclic) bond motifs is 1. The average molecular weight is 326 g/mol. The maximum atomic E-state index is 12.5. The van der Waals surface area contributed by atoms with E-state index in [1.165, 1.54) is 7.11 Å². The molecule has 1 aromatic carbocycles. The van der Waals surface area contributed by atoms with Crippen LogP contribution < -0.4 is 9.62 Å². The molecule has 0 saturated heterocycles. The second kappa shape index (κ2) is 6.76. The first-order chi connectivity index (χ1) is 10.3. The van der Waals surface area contributed by atoms with Crippen LogP contribution in [0.2, 0.25) is 0 Å². The number of hydrogen-bond donors (Lipinski definition) is 1. The highest BCUT2D eigenvalue weighted by Crippen LogP contribution is 2.27. The average Bonchev–Trinajstić information content (AvgIpc) is 2.89. The van der Waals surface area contributed by atoms with Gasteiger partial charge in [-0.05, 0) is 31.9 Å². The monoisotopic (exact) mass is 326 g/mol. The third-order valence-corrected chi connectivity index (χ3v) is 5.36. The molecule has 2 rings (SSSR count). The Hall–Kier alpha value is -1.44. The third kappa shape index (κ3) is 3.85. The fourth-order valence-corrected chi connectivity index (χ4v) is 4.04. The van der Waals surface area contributed by atoms with E-state index in [4.69, 9.17) is 4.74 Å². The van der Waals surface area contributed by atoms with Crippen molar-refractivity contribution < 1.29 is 17.9 Å². The van der Waals surface area contributed by atoms with Gasteiger partial charge >= 0.3 is 0 Å². The lowest BCUT2D eigenvalue weighted by atomic mass is 10.2. The molecular formula is C15H22N2O4S. The van der Waals surface area contributed by atoms with Crippen molar-refractivity contribution in [3.05, 3.63) is 29.8 Å². The zero-order valence-electron chi connectivity index (χ0n) is 13.1. The Morgan fingerprint density at radius 2 is 2.05 bits per heavy atom. The van der Waals surface area contributed by atoms with Crippen LogP contribution in [0.25, 0.3) is 0 Å². The summed E-state index contributed by atoms with van der Waals surface area (Å²) in [5.41, 5.74) is 1.97. The molecule has 1 aliphatic rings. The number of methoxy groups -OCH3 is 1. The number of anilines is 1. The molecule has 1 amide bonds. The van der Waals surface area contributed by atoms with Crippen LogP contribution in [0.3, 0.4) is 0 Å². The number of para-hydroxylation sites is 1. The predicted octanol–water partition coefficient (Wildman–Crippen LogP) is 0.919. The van der Waals surface area contributed by atoms with Crippen LogP contribution in [-0.2, 0) is 26.0 Å². The second-order valence-electron chi connectivity index (χ2n) is 5.54. The Bertz CT molecular complexity index is 645. The van der Waals surface area contributed by atoms with Gasteiger partial charge in [-0.15, -0.1) is 0 Å². The van der Waals surface area contributed by atoms with Crippen LogP contribution in [0.5, 0.6) is 0 Å². The fraction of sp³-hybridized carbons (Fsp3) is 0.533. The van der Waals surface area contributed by atoms with Crippen LogP contribution in [0, 0.1) is 0 Å². The third-order valence-electron chi connectivity index (χ3n) is 3.74. The van der Waals surface area contributed by atoms with E-state index in [-0.39, 0.29) is 11.7 Å². The lowest BCUT2D eigenvalue weighted by molar-refractivity contribution is -0.119. The molecular weight excluding hydrogens is 304 g/mol. The minimum absolute atomic E-state index is 0.169. The Balaban J connectivity index is 2.05. The number of carbonyl (C=O) groups is 1. The summed E-state index contributed by atoms with van der Waals surface area (Å²) in [5, 5.41) is 0. The summed E-state index contributed by atoms with van der Waals surface area (Å²) in [6, 6.07) is 6.87. The summed E-state index contributed by atoms with van der Waals surface area (Å²) in [6.07, 6.45) is 0.370. The summed E-state index contributed by atoms with van der Waals surface area (Å²) in [7, 11) is -2.11.